The van der Waals surface area contributed by atoms with E-state index >= 15 is 0 Å². The Morgan fingerprint density at radius 2 is 2.00 bits per heavy atom. The zero-order chi connectivity index (χ0) is 11.0. The summed E-state index contributed by atoms with van der Waals surface area (Å²) < 4.78 is 5.58. The number of hydrogen-bond acceptors (Lipinski definition) is 1. The van der Waals surface area contributed by atoms with Crippen molar-refractivity contribution in [2.75, 3.05) is 7.11 Å². The molecule has 0 aliphatic heterocycles. The number of methoxy groups -OCH3 is 1. The number of allylic oxidation sites excluding steroid dienone is 1. The van der Waals surface area contributed by atoms with Crippen molar-refractivity contribution in [3.63, 3.8) is 0 Å². The Balaban J connectivity index is 0.00000225. The average molecular weight is 212 g/mol. The van der Waals surface area contributed by atoms with E-state index in [-0.39, 0.29) is 24.5 Å². The molecule has 1 fully saturated rings. The van der Waals surface area contributed by atoms with Crippen LogP contribution in [0, 0.1) is 17.9 Å². The molecule has 0 unspecified atom stereocenters. The third-order valence-corrected chi connectivity index (χ3v) is 3.02. The molecule has 1 aliphatic carbocycles. The van der Waals surface area contributed by atoms with E-state index in [0.29, 0.717) is 0 Å². The van der Waals surface area contributed by atoms with Crippen LogP contribution in [0.5, 0.6) is 0 Å². The van der Waals surface area contributed by atoms with Gasteiger partial charge in [0.05, 0.1) is 0 Å². The predicted octanol–water partition coefficient (Wildman–Crippen LogP) is 0.503. The van der Waals surface area contributed by atoms with Gasteiger partial charge in [-0.05, 0) is 25.7 Å². The van der Waals surface area contributed by atoms with E-state index in [9.17, 15) is 0 Å². The molecule has 1 saturated carbocycles. The second-order valence-corrected chi connectivity index (χ2v) is 4.16. The van der Waals surface area contributed by atoms with Crippen LogP contribution in [0.1, 0.15) is 51.4 Å². The maximum Gasteiger partial charge on any atom is 1.00 e. The van der Waals surface area contributed by atoms with Gasteiger partial charge in [0.2, 0.25) is 0 Å². The van der Waals surface area contributed by atoms with Crippen LogP contribution in [0.2, 0.25) is 0 Å². The summed E-state index contributed by atoms with van der Waals surface area (Å²) >= 11 is 0. The third kappa shape index (κ3) is 5.27. The molecule has 84 valence electrons. The van der Waals surface area contributed by atoms with Gasteiger partial charge in [-0.1, -0.05) is 18.8 Å². The van der Waals surface area contributed by atoms with Crippen LogP contribution in [-0.4, -0.2) is 12.7 Å². The van der Waals surface area contributed by atoms with E-state index in [0.717, 1.165) is 32.1 Å². The zero-order valence-electron chi connectivity index (χ0n) is 10.8. The molecule has 16 heavy (non-hydrogen) atoms. The van der Waals surface area contributed by atoms with Crippen molar-refractivity contribution in [2.45, 2.75) is 57.0 Å². The van der Waals surface area contributed by atoms with Crippen molar-refractivity contribution in [1.29, 1.82) is 0 Å². The fraction of sp³-hybridized carbons (Fsp3) is 0.714. The largest absolute Gasteiger partial charge is 1.00 e. The first-order valence-corrected chi connectivity index (χ1v) is 5.88. The van der Waals surface area contributed by atoms with Gasteiger partial charge in [-0.3, -0.25) is 6.58 Å². The Hall–Kier alpha value is -0.143. The first kappa shape index (κ1) is 15.9. The van der Waals surface area contributed by atoms with Crippen molar-refractivity contribution >= 4 is 0 Å². The molecule has 0 N–H and O–H groups in total. The van der Waals surface area contributed by atoms with Gasteiger partial charge in [-0.2, -0.15) is 6.42 Å². The van der Waals surface area contributed by atoms with Crippen LogP contribution in [0.15, 0.2) is 6.58 Å². The number of hydrogen-bond donors (Lipinski definition) is 0. The average Bonchev–Trinajstić information content (AvgIpc) is 2.30. The fourth-order valence-corrected chi connectivity index (χ4v) is 2.03. The quantitative estimate of drug-likeness (QED) is 0.285. The Labute approximate surface area is 112 Å². The second kappa shape index (κ2) is 8.95. The molecule has 0 heterocycles. The van der Waals surface area contributed by atoms with E-state index in [1.807, 2.05) is 0 Å². The van der Waals surface area contributed by atoms with Crippen molar-refractivity contribution in [3.05, 3.63) is 12.7 Å². The molecular weight excluding hydrogens is 191 g/mol. The summed E-state index contributed by atoms with van der Waals surface area (Å²) in [5.41, 5.74) is -0.129. The maximum atomic E-state index is 5.58. The molecule has 0 spiro atoms. The van der Waals surface area contributed by atoms with E-state index < -0.39 is 0 Å². The van der Waals surface area contributed by atoms with Gasteiger partial charge in [0, 0.05) is 13.5 Å². The van der Waals surface area contributed by atoms with Crippen molar-refractivity contribution in [2.24, 2.45) is 0 Å². The summed E-state index contributed by atoms with van der Waals surface area (Å²) in [6.07, 6.45) is 11.9. The van der Waals surface area contributed by atoms with Gasteiger partial charge < -0.3 is 10.8 Å². The van der Waals surface area contributed by atoms with Crippen LogP contribution in [0.3, 0.4) is 0 Å². The monoisotopic (exact) mass is 212 g/mol. The molecule has 0 amide bonds. The van der Waals surface area contributed by atoms with Gasteiger partial charge >= 0.3 is 18.9 Å². The van der Waals surface area contributed by atoms with Crippen LogP contribution >= 0.6 is 0 Å². The molecule has 0 aromatic carbocycles. The van der Waals surface area contributed by atoms with E-state index in [2.05, 4.69) is 24.5 Å². The normalized spacial score (nSPS) is 17.8. The number of ether oxygens (including phenoxy) is 1. The molecule has 1 nitrogen and oxygen atoms in total. The number of unbranched alkanes of at least 4 members (excludes halogenated alkanes) is 2. The molecule has 0 aromatic heterocycles. The SMILES string of the molecule is C=[C-]CCCC#CC1(OC)CCCCC1.[Li+]. The molecule has 0 atom stereocenters. The molecule has 2 heteroatoms. The minimum Gasteiger partial charge on any atom is -0.504 e. The zero-order valence-corrected chi connectivity index (χ0v) is 10.8. The van der Waals surface area contributed by atoms with Crippen LogP contribution in [0.25, 0.3) is 0 Å². The van der Waals surface area contributed by atoms with Crippen LogP contribution in [0.4, 0.5) is 0 Å². The Bertz CT molecular complexity index is 243. The molecule has 0 radical (unpaired) electrons. The molecular formula is C14H21LiO. The van der Waals surface area contributed by atoms with Gasteiger partial charge in [0.15, 0.2) is 0 Å². The summed E-state index contributed by atoms with van der Waals surface area (Å²) in [5.74, 6) is 6.56. The number of rotatable bonds is 4. The van der Waals surface area contributed by atoms with E-state index in [4.69, 9.17) is 4.74 Å². The maximum absolute atomic E-state index is 5.58. The van der Waals surface area contributed by atoms with Crippen LogP contribution < -0.4 is 18.9 Å². The van der Waals surface area contributed by atoms with Crippen LogP contribution in [-0.2, 0) is 4.74 Å². The van der Waals surface area contributed by atoms with E-state index in [1.54, 1.807) is 7.11 Å². The molecule has 0 aromatic rings. The van der Waals surface area contributed by atoms with Crippen molar-refractivity contribution in [3.8, 4) is 11.8 Å². The molecule has 0 bridgehead atoms. The minimum absolute atomic E-state index is 0. The van der Waals surface area contributed by atoms with Crippen molar-refractivity contribution in [1.82, 2.24) is 0 Å². The van der Waals surface area contributed by atoms with Crippen molar-refractivity contribution < 1.29 is 23.6 Å². The smallest absolute Gasteiger partial charge is 0.504 e. The summed E-state index contributed by atoms with van der Waals surface area (Å²) in [6, 6.07) is 0. The second-order valence-electron chi connectivity index (χ2n) is 4.16. The Morgan fingerprint density at radius 1 is 1.31 bits per heavy atom. The molecule has 0 saturated heterocycles. The van der Waals surface area contributed by atoms with Gasteiger partial charge in [-0.15, -0.1) is 5.92 Å². The Kier molecular flexibility index (Phi) is 8.87. The first-order valence-electron chi connectivity index (χ1n) is 5.88. The minimum atomic E-state index is -0.129. The summed E-state index contributed by atoms with van der Waals surface area (Å²) in [7, 11) is 1.79. The summed E-state index contributed by atoms with van der Waals surface area (Å²) in [6.45, 7) is 3.58. The standard InChI is InChI=1S/C14H21O.Li/c1-3-4-5-6-8-11-14(15-2)12-9-7-10-13-14;/h1,4-7,9-10,12-13H2,2H3;/q-1;+1. The van der Waals surface area contributed by atoms with Gasteiger partial charge in [0.1, 0.15) is 5.60 Å². The van der Waals surface area contributed by atoms with Gasteiger partial charge in [0.25, 0.3) is 0 Å². The van der Waals surface area contributed by atoms with Gasteiger partial charge in [-0.25, -0.2) is 0 Å². The summed E-state index contributed by atoms with van der Waals surface area (Å²) in [5, 5.41) is 0. The topological polar surface area (TPSA) is 9.23 Å². The summed E-state index contributed by atoms with van der Waals surface area (Å²) in [4.78, 5) is 0. The fourth-order valence-electron chi connectivity index (χ4n) is 2.03. The Morgan fingerprint density at radius 3 is 2.56 bits per heavy atom. The molecule has 1 aliphatic rings. The first-order chi connectivity index (χ1) is 7.33. The van der Waals surface area contributed by atoms with E-state index in [1.165, 1.54) is 19.3 Å². The predicted molar refractivity (Wildman–Crippen MR) is 63.3 cm³/mol. The third-order valence-electron chi connectivity index (χ3n) is 3.02. The molecule has 1 rings (SSSR count).